The topological polar surface area (TPSA) is 75.1 Å². The summed E-state index contributed by atoms with van der Waals surface area (Å²) in [6, 6.07) is 4.56. The van der Waals surface area contributed by atoms with Crippen molar-refractivity contribution < 1.29 is 9.21 Å². The third-order valence-electron chi connectivity index (χ3n) is 2.07. The molecule has 0 spiro atoms. The number of hydrogen-bond donors (Lipinski definition) is 2. The molecule has 0 aliphatic heterocycles. The Kier molecular flexibility index (Phi) is 2.86. The van der Waals surface area contributed by atoms with Crippen LogP contribution >= 0.6 is 0 Å². The molecule has 2 aromatic heterocycles. The molecule has 0 unspecified atom stereocenters. The Morgan fingerprint density at radius 1 is 1.44 bits per heavy atom. The van der Waals surface area contributed by atoms with E-state index in [2.05, 4.69) is 10.3 Å². The monoisotopic (exact) mass is 218 g/mol. The van der Waals surface area contributed by atoms with Gasteiger partial charge in [0.2, 0.25) is 5.56 Å². The Morgan fingerprint density at radius 3 is 3.00 bits per heavy atom. The lowest BCUT2D eigenvalue weighted by Gasteiger charge is -2.02. The fourth-order valence-electron chi connectivity index (χ4n) is 1.26. The first-order valence-corrected chi connectivity index (χ1v) is 4.74. The predicted molar refractivity (Wildman–Crippen MR) is 56.9 cm³/mol. The standard InChI is InChI=1S/C11H10N2O3/c14-10-5-9(1-3-12-10)11(15)13-6-8-2-4-16-7-8/h1-5,7H,6H2,(H,12,14)(H,13,15). The molecule has 0 saturated carbocycles. The number of amides is 1. The van der Waals surface area contributed by atoms with Gasteiger partial charge in [-0.1, -0.05) is 0 Å². The van der Waals surface area contributed by atoms with Gasteiger partial charge in [0.1, 0.15) is 0 Å². The molecule has 0 atom stereocenters. The van der Waals surface area contributed by atoms with Gasteiger partial charge in [0.15, 0.2) is 0 Å². The molecule has 2 heterocycles. The van der Waals surface area contributed by atoms with Crippen LogP contribution in [0.4, 0.5) is 0 Å². The summed E-state index contributed by atoms with van der Waals surface area (Å²) in [5.74, 6) is -0.285. The molecule has 0 fully saturated rings. The van der Waals surface area contributed by atoms with E-state index < -0.39 is 0 Å². The highest BCUT2D eigenvalue weighted by molar-refractivity contribution is 5.93. The Hall–Kier alpha value is -2.30. The lowest BCUT2D eigenvalue weighted by Crippen LogP contribution is -2.23. The summed E-state index contributed by atoms with van der Waals surface area (Å²) in [6.07, 6.45) is 4.53. The van der Waals surface area contributed by atoms with Crippen LogP contribution < -0.4 is 10.9 Å². The average molecular weight is 218 g/mol. The second-order valence-electron chi connectivity index (χ2n) is 3.26. The number of carbonyl (C=O) groups excluding carboxylic acids is 1. The number of H-pyrrole nitrogens is 1. The van der Waals surface area contributed by atoms with Gasteiger partial charge in [-0.15, -0.1) is 0 Å². The van der Waals surface area contributed by atoms with Crippen molar-refractivity contribution in [2.24, 2.45) is 0 Å². The molecular weight excluding hydrogens is 208 g/mol. The molecule has 2 N–H and O–H groups in total. The van der Waals surface area contributed by atoms with Gasteiger partial charge in [-0.2, -0.15) is 0 Å². The number of aromatic amines is 1. The van der Waals surface area contributed by atoms with E-state index in [1.165, 1.54) is 18.5 Å². The van der Waals surface area contributed by atoms with E-state index in [1.807, 2.05) is 0 Å². The van der Waals surface area contributed by atoms with E-state index in [-0.39, 0.29) is 11.5 Å². The zero-order valence-corrected chi connectivity index (χ0v) is 8.40. The minimum absolute atomic E-state index is 0.285. The van der Waals surface area contributed by atoms with Crippen LogP contribution in [0.3, 0.4) is 0 Å². The maximum Gasteiger partial charge on any atom is 0.251 e. The van der Waals surface area contributed by atoms with Crippen LogP contribution in [-0.2, 0) is 6.54 Å². The fraction of sp³-hybridized carbons (Fsp3) is 0.0909. The highest BCUT2D eigenvalue weighted by atomic mass is 16.3. The van der Waals surface area contributed by atoms with Crippen LogP contribution in [0.25, 0.3) is 0 Å². The number of hydrogen-bond acceptors (Lipinski definition) is 3. The van der Waals surface area contributed by atoms with Crippen molar-refractivity contribution in [3.8, 4) is 0 Å². The van der Waals surface area contributed by atoms with Crippen LogP contribution in [0, 0.1) is 0 Å². The first kappa shape index (κ1) is 10.2. The molecule has 0 aliphatic carbocycles. The summed E-state index contributed by atoms with van der Waals surface area (Å²) in [6.45, 7) is 0.377. The van der Waals surface area contributed by atoms with Crippen molar-refractivity contribution >= 4 is 5.91 Å². The van der Waals surface area contributed by atoms with E-state index in [0.717, 1.165) is 5.56 Å². The van der Waals surface area contributed by atoms with E-state index in [0.29, 0.717) is 12.1 Å². The Labute approximate surface area is 91.1 Å². The Bertz CT molecular complexity index is 528. The highest BCUT2D eigenvalue weighted by Crippen LogP contribution is 2.00. The average Bonchev–Trinajstić information content (AvgIpc) is 2.78. The van der Waals surface area contributed by atoms with E-state index in [4.69, 9.17) is 4.42 Å². The van der Waals surface area contributed by atoms with Crippen LogP contribution in [0.1, 0.15) is 15.9 Å². The molecule has 5 nitrogen and oxygen atoms in total. The van der Waals surface area contributed by atoms with Crippen molar-refractivity contribution in [2.45, 2.75) is 6.54 Å². The molecule has 82 valence electrons. The molecular formula is C11H10N2O3. The summed E-state index contributed by atoms with van der Waals surface area (Å²) in [5, 5.41) is 2.68. The molecule has 0 bridgehead atoms. The molecule has 16 heavy (non-hydrogen) atoms. The van der Waals surface area contributed by atoms with E-state index >= 15 is 0 Å². The molecule has 0 radical (unpaired) electrons. The Balaban J connectivity index is 2.01. The number of furan rings is 1. The maximum absolute atomic E-state index is 11.6. The lowest BCUT2D eigenvalue weighted by atomic mass is 10.2. The van der Waals surface area contributed by atoms with Gasteiger partial charge < -0.3 is 14.7 Å². The first-order chi connectivity index (χ1) is 7.75. The second kappa shape index (κ2) is 4.48. The minimum atomic E-state index is -0.295. The second-order valence-corrected chi connectivity index (χ2v) is 3.26. The smallest absolute Gasteiger partial charge is 0.251 e. The van der Waals surface area contributed by atoms with Gasteiger partial charge in [-0.25, -0.2) is 0 Å². The zero-order valence-electron chi connectivity index (χ0n) is 8.40. The van der Waals surface area contributed by atoms with Crippen molar-refractivity contribution in [2.75, 3.05) is 0 Å². The van der Waals surface area contributed by atoms with Gasteiger partial charge in [-0.05, 0) is 12.1 Å². The third kappa shape index (κ3) is 2.38. The summed E-state index contributed by atoms with van der Waals surface area (Å²) < 4.78 is 4.87. The van der Waals surface area contributed by atoms with Gasteiger partial charge in [0.25, 0.3) is 5.91 Å². The highest BCUT2D eigenvalue weighted by Gasteiger charge is 2.05. The molecule has 2 aromatic rings. The normalized spacial score (nSPS) is 10.0. The number of nitrogens with one attached hydrogen (secondary N) is 2. The molecule has 2 rings (SSSR count). The van der Waals surface area contributed by atoms with E-state index in [9.17, 15) is 9.59 Å². The third-order valence-corrected chi connectivity index (χ3v) is 2.07. The molecule has 0 saturated heterocycles. The van der Waals surface area contributed by atoms with Gasteiger partial charge in [0.05, 0.1) is 12.5 Å². The van der Waals surface area contributed by atoms with Crippen LogP contribution in [0.15, 0.2) is 46.1 Å². The summed E-state index contributed by atoms with van der Waals surface area (Å²) in [5.41, 5.74) is 0.918. The fourth-order valence-corrected chi connectivity index (χ4v) is 1.26. The number of aromatic nitrogens is 1. The quantitative estimate of drug-likeness (QED) is 0.803. The summed E-state index contributed by atoms with van der Waals surface area (Å²) >= 11 is 0. The SMILES string of the molecule is O=C(NCc1ccoc1)c1cc[nH]c(=O)c1. The zero-order chi connectivity index (χ0) is 11.4. The summed E-state index contributed by atoms with van der Waals surface area (Å²) in [4.78, 5) is 25.0. The molecule has 5 heteroatoms. The van der Waals surface area contributed by atoms with Crippen molar-refractivity contribution in [1.82, 2.24) is 10.3 Å². The van der Waals surface area contributed by atoms with Gasteiger partial charge in [0, 0.05) is 29.9 Å². The van der Waals surface area contributed by atoms with E-state index in [1.54, 1.807) is 18.4 Å². The minimum Gasteiger partial charge on any atom is -0.472 e. The lowest BCUT2D eigenvalue weighted by molar-refractivity contribution is 0.0950. The molecule has 0 aromatic carbocycles. The Morgan fingerprint density at radius 2 is 2.31 bits per heavy atom. The number of pyridine rings is 1. The predicted octanol–water partition coefficient (Wildman–Crippen LogP) is 0.898. The molecule has 0 aliphatic rings. The first-order valence-electron chi connectivity index (χ1n) is 4.74. The van der Waals surface area contributed by atoms with Crippen LogP contribution in [0.5, 0.6) is 0 Å². The largest absolute Gasteiger partial charge is 0.472 e. The maximum atomic E-state index is 11.6. The number of rotatable bonds is 3. The van der Waals surface area contributed by atoms with Gasteiger partial charge in [-0.3, -0.25) is 9.59 Å². The van der Waals surface area contributed by atoms with Crippen LogP contribution in [-0.4, -0.2) is 10.9 Å². The van der Waals surface area contributed by atoms with Crippen molar-refractivity contribution in [3.63, 3.8) is 0 Å². The van der Waals surface area contributed by atoms with Crippen LogP contribution in [0.2, 0.25) is 0 Å². The van der Waals surface area contributed by atoms with Crippen molar-refractivity contribution in [1.29, 1.82) is 0 Å². The number of carbonyl (C=O) groups is 1. The summed E-state index contributed by atoms with van der Waals surface area (Å²) in [7, 11) is 0. The van der Waals surface area contributed by atoms with Gasteiger partial charge >= 0.3 is 0 Å². The molecule has 1 amide bonds. The van der Waals surface area contributed by atoms with Crippen molar-refractivity contribution in [3.05, 3.63) is 58.4 Å².